The van der Waals surface area contributed by atoms with Gasteiger partial charge in [-0.2, -0.15) is 0 Å². The molecule has 2 aliphatic carbocycles. The molecule has 0 aliphatic heterocycles. The van der Waals surface area contributed by atoms with Crippen LogP contribution in [0.1, 0.15) is 6.42 Å². The Bertz CT molecular complexity index is 508. The van der Waals surface area contributed by atoms with Crippen molar-refractivity contribution in [2.75, 3.05) is 0 Å². The van der Waals surface area contributed by atoms with E-state index in [0.717, 1.165) is 11.8 Å². The number of halogens is 1. The highest BCUT2D eigenvalue weighted by molar-refractivity contribution is 6.83. The maximum Gasteiger partial charge on any atom is 0.353 e. The summed E-state index contributed by atoms with van der Waals surface area (Å²) in [5.41, 5.74) is 0. The lowest BCUT2D eigenvalue weighted by atomic mass is 10.2. The summed E-state index contributed by atoms with van der Waals surface area (Å²) in [4.78, 5) is 0. The van der Waals surface area contributed by atoms with Crippen molar-refractivity contribution < 1.29 is 21.2 Å². The molecule has 2 bridgehead atoms. The summed E-state index contributed by atoms with van der Waals surface area (Å²) >= 11 is 0.0640. The molecule has 0 unspecified atom stereocenters. The Morgan fingerprint density at radius 2 is 1.67 bits per heavy atom. The van der Waals surface area contributed by atoms with Crippen LogP contribution in [0.25, 0.3) is 0 Å². The van der Waals surface area contributed by atoms with Gasteiger partial charge in [0.2, 0.25) is 0 Å². The predicted molar refractivity (Wildman–Crippen MR) is 76.2 cm³/mol. The summed E-state index contributed by atoms with van der Waals surface area (Å²) < 4.78 is 3.45. The van der Waals surface area contributed by atoms with Crippen molar-refractivity contribution in [1.29, 1.82) is 0 Å². The molecule has 18 heavy (non-hydrogen) atoms. The fraction of sp³-hybridized carbons (Fsp3) is 0.375. The number of hydrogen-bond donors (Lipinski definition) is 0. The van der Waals surface area contributed by atoms with E-state index in [1.54, 1.807) is 3.57 Å². The van der Waals surface area contributed by atoms with Crippen LogP contribution < -0.4 is 21.2 Å². The second-order valence-electron chi connectivity index (χ2n) is 6.24. The van der Waals surface area contributed by atoms with Crippen LogP contribution in [-0.4, -0.2) is 8.07 Å². The standard InChI is InChI=1S/C16H20ISi/c1-18(2,3)16-13-10-9-12(11-13)15(16)17-14-7-5-4-6-8-14/h4-10,12-13H,11H2,1-3H3/q+1/t12-,13+/m1/s1. The second-order valence-corrected chi connectivity index (χ2v) is 14.2. The van der Waals surface area contributed by atoms with Gasteiger partial charge in [-0.15, -0.1) is 0 Å². The molecule has 3 rings (SSSR count). The molecule has 0 saturated heterocycles. The monoisotopic (exact) mass is 367 g/mol. The molecule has 0 fully saturated rings. The number of allylic oxidation sites excluding steroid dienone is 4. The Morgan fingerprint density at radius 3 is 2.33 bits per heavy atom. The van der Waals surface area contributed by atoms with Crippen LogP contribution in [0.2, 0.25) is 19.6 Å². The van der Waals surface area contributed by atoms with Gasteiger partial charge in [0.05, 0.1) is 8.07 Å². The molecule has 0 N–H and O–H groups in total. The van der Waals surface area contributed by atoms with Crippen LogP contribution in [0.15, 0.2) is 51.3 Å². The van der Waals surface area contributed by atoms with Crippen molar-refractivity contribution in [3.63, 3.8) is 0 Å². The zero-order valence-electron chi connectivity index (χ0n) is 11.3. The summed E-state index contributed by atoms with van der Waals surface area (Å²) in [5, 5.41) is 1.90. The minimum Gasteiger partial charge on any atom is -0.0808 e. The predicted octanol–water partition coefficient (Wildman–Crippen LogP) is 1.28. The normalized spacial score (nSPS) is 26.2. The third kappa shape index (κ3) is 2.25. The van der Waals surface area contributed by atoms with Gasteiger partial charge >= 0.3 is 21.2 Å². The summed E-state index contributed by atoms with van der Waals surface area (Å²) in [6, 6.07) is 11.1. The number of benzene rings is 1. The largest absolute Gasteiger partial charge is 0.353 e. The first-order valence-corrected chi connectivity index (χ1v) is 12.3. The Balaban J connectivity index is 1.96. The van der Waals surface area contributed by atoms with E-state index < -0.39 is 8.07 Å². The SMILES string of the molecule is C[Si](C)(C)C1=C([I+]c2ccccc2)[C@@H]2C=C[C@H]1C2. The van der Waals surface area contributed by atoms with Crippen molar-refractivity contribution in [2.45, 2.75) is 26.1 Å². The first-order valence-electron chi connectivity index (χ1n) is 6.68. The highest BCUT2D eigenvalue weighted by Crippen LogP contribution is 2.44. The van der Waals surface area contributed by atoms with Gasteiger partial charge in [-0.05, 0) is 29.7 Å². The Labute approximate surface area is 121 Å². The molecule has 0 heterocycles. The average molecular weight is 367 g/mol. The van der Waals surface area contributed by atoms with Crippen molar-refractivity contribution in [1.82, 2.24) is 0 Å². The molecule has 2 aliphatic rings. The Morgan fingerprint density at radius 1 is 1.00 bits per heavy atom. The highest BCUT2D eigenvalue weighted by atomic mass is 127. The van der Waals surface area contributed by atoms with Gasteiger partial charge in [0.25, 0.3) is 0 Å². The number of fused-ring (bicyclic) bond motifs is 2. The van der Waals surface area contributed by atoms with E-state index in [1.807, 2.05) is 8.78 Å². The third-order valence-electron chi connectivity index (χ3n) is 3.79. The van der Waals surface area contributed by atoms with E-state index in [-0.39, 0.29) is 21.2 Å². The topological polar surface area (TPSA) is 0 Å². The summed E-state index contributed by atoms with van der Waals surface area (Å²) in [6.45, 7) is 7.56. The molecule has 0 nitrogen and oxygen atoms in total. The van der Waals surface area contributed by atoms with Crippen LogP contribution in [0.4, 0.5) is 0 Å². The molecular formula is C16H20ISi+. The van der Waals surface area contributed by atoms with Crippen LogP contribution >= 0.6 is 0 Å². The molecule has 1 aromatic rings. The molecule has 0 radical (unpaired) electrons. The quantitative estimate of drug-likeness (QED) is 0.429. The zero-order valence-corrected chi connectivity index (χ0v) is 14.4. The van der Waals surface area contributed by atoms with E-state index in [4.69, 9.17) is 0 Å². The summed E-state index contributed by atoms with van der Waals surface area (Å²) in [7, 11) is -1.14. The van der Waals surface area contributed by atoms with Crippen LogP contribution in [0, 0.1) is 15.4 Å². The van der Waals surface area contributed by atoms with Gasteiger partial charge in [-0.3, -0.25) is 0 Å². The second kappa shape index (κ2) is 4.64. The van der Waals surface area contributed by atoms with Gasteiger partial charge in [-0.1, -0.05) is 50.0 Å². The van der Waals surface area contributed by atoms with Crippen molar-refractivity contribution >= 4 is 8.07 Å². The van der Waals surface area contributed by atoms with E-state index in [0.29, 0.717) is 0 Å². The first-order chi connectivity index (χ1) is 8.55. The molecular weight excluding hydrogens is 347 g/mol. The summed E-state index contributed by atoms with van der Waals surface area (Å²) in [6.07, 6.45) is 6.35. The third-order valence-corrected chi connectivity index (χ3v) is 9.86. The van der Waals surface area contributed by atoms with E-state index in [1.165, 1.54) is 6.42 Å². The number of rotatable bonds is 3. The Hall–Kier alpha value is -0.353. The van der Waals surface area contributed by atoms with Gasteiger partial charge in [0, 0.05) is 5.92 Å². The maximum absolute atomic E-state index is 2.52. The number of hydrogen-bond acceptors (Lipinski definition) is 0. The molecule has 0 amide bonds. The van der Waals surface area contributed by atoms with Crippen molar-refractivity contribution in [3.8, 4) is 0 Å². The molecule has 0 spiro atoms. The molecule has 0 aromatic heterocycles. The highest BCUT2D eigenvalue weighted by Gasteiger charge is 2.47. The van der Waals surface area contributed by atoms with E-state index in [2.05, 4.69) is 62.1 Å². The van der Waals surface area contributed by atoms with Crippen LogP contribution in [-0.2, 0) is 0 Å². The Kier molecular flexibility index (Phi) is 3.26. The van der Waals surface area contributed by atoms with Crippen molar-refractivity contribution in [3.05, 3.63) is 54.8 Å². The lowest BCUT2D eigenvalue weighted by Gasteiger charge is -2.22. The fourth-order valence-corrected chi connectivity index (χ4v) is 11.1. The van der Waals surface area contributed by atoms with Gasteiger partial charge in [0.15, 0.2) is 7.15 Å². The minimum atomic E-state index is -1.14. The van der Waals surface area contributed by atoms with Gasteiger partial charge in [-0.25, -0.2) is 0 Å². The smallest absolute Gasteiger partial charge is 0.0808 e. The molecule has 0 saturated carbocycles. The molecule has 2 atom stereocenters. The lowest BCUT2D eigenvalue weighted by Crippen LogP contribution is -3.61. The van der Waals surface area contributed by atoms with Gasteiger partial charge in [0.1, 0.15) is 0 Å². The van der Waals surface area contributed by atoms with Crippen LogP contribution in [0.5, 0.6) is 0 Å². The van der Waals surface area contributed by atoms with Gasteiger partial charge < -0.3 is 0 Å². The maximum atomic E-state index is 2.52. The minimum absolute atomic E-state index is 0.0640. The van der Waals surface area contributed by atoms with E-state index >= 15 is 0 Å². The fourth-order valence-electron chi connectivity index (χ4n) is 3.11. The first kappa shape index (κ1) is 12.7. The van der Waals surface area contributed by atoms with E-state index in [9.17, 15) is 0 Å². The van der Waals surface area contributed by atoms with Crippen molar-refractivity contribution in [2.24, 2.45) is 11.8 Å². The lowest BCUT2D eigenvalue weighted by molar-refractivity contribution is -0.581. The molecule has 1 aromatic carbocycles. The molecule has 94 valence electrons. The average Bonchev–Trinajstić information content (AvgIpc) is 2.89. The molecule has 2 heteroatoms. The zero-order chi connectivity index (χ0) is 12.8. The van der Waals surface area contributed by atoms with Crippen LogP contribution in [0.3, 0.4) is 0 Å². The summed E-state index contributed by atoms with van der Waals surface area (Å²) in [5.74, 6) is 1.60.